The fourth-order valence-corrected chi connectivity index (χ4v) is 0.839. The van der Waals surface area contributed by atoms with Crippen LogP contribution in [-0.4, -0.2) is 46.6 Å². The van der Waals surface area contributed by atoms with Gasteiger partial charge in [0.15, 0.2) is 0 Å². The van der Waals surface area contributed by atoms with Crippen molar-refractivity contribution in [1.82, 2.24) is 5.32 Å². The molecule has 0 saturated heterocycles. The fourth-order valence-electron chi connectivity index (χ4n) is 0.839. The van der Waals surface area contributed by atoms with E-state index in [0.717, 1.165) is 0 Å². The van der Waals surface area contributed by atoms with Gasteiger partial charge in [-0.05, 0) is 6.42 Å². The first-order valence-electron chi connectivity index (χ1n) is 4.69. The van der Waals surface area contributed by atoms with Gasteiger partial charge in [0.1, 0.15) is 5.54 Å². The molecule has 1 amide bonds. The number of amides is 1. The Morgan fingerprint density at radius 3 is 2.00 bits per heavy atom. The second kappa shape index (κ2) is 5.95. The van der Waals surface area contributed by atoms with Gasteiger partial charge in [-0.1, -0.05) is 13.8 Å². The van der Waals surface area contributed by atoms with E-state index >= 15 is 0 Å². The summed E-state index contributed by atoms with van der Waals surface area (Å²) in [4.78, 5) is 11.4. The lowest BCUT2D eigenvalue weighted by Gasteiger charge is -2.29. The Hall–Kier alpha value is -0.650. The predicted octanol–water partition coefficient (Wildman–Crippen LogP) is -1.14. The quantitative estimate of drug-likeness (QED) is 0.441. The first kappa shape index (κ1) is 13.4. The highest BCUT2D eigenvalue weighted by Gasteiger charge is 2.30. The number of hydrogen-bond donors (Lipinski definition) is 4. The highest BCUT2D eigenvalue weighted by Crippen LogP contribution is 2.06. The van der Waals surface area contributed by atoms with Gasteiger partial charge in [0.2, 0.25) is 5.91 Å². The van der Waals surface area contributed by atoms with E-state index in [0.29, 0.717) is 6.42 Å². The minimum absolute atomic E-state index is 0.195. The molecular formula is C9H19NO4. The molecule has 0 aliphatic heterocycles. The molecule has 5 nitrogen and oxygen atoms in total. The van der Waals surface area contributed by atoms with Gasteiger partial charge >= 0.3 is 0 Å². The second-order valence-corrected chi connectivity index (χ2v) is 3.55. The zero-order valence-corrected chi connectivity index (χ0v) is 8.66. The van der Waals surface area contributed by atoms with Crippen LogP contribution in [0.15, 0.2) is 0 Å². The Balaban J connectivity index is 4.37. The van der Waals surface area contributed by atoms with Crippen LogP contribution < -0.4 is 5.32 Å². The van der Waals surface area contributed by atoms with Gasteiger partial charge in [0.05, 0.1) is 19.8 Å². The van der Waals surface area contributed by atoms with Crippen molar-refractivity contribution in [2.75, 3.05) is 19.8 Å². The molecule has 0 unspecified atom stereocenters. The number of carbonyl (C=O) groups excluding carboxylic acids is 1. The van der Waals surface area contributed by atoms with Crippen LogP contribution in [0.25, 0.3) is 0 Å². The molecule has 0 spiro atoms. The largest absolute Gasteiger partial charge is 0.394 e. The summed E-state index contributed by atoms with van der Waals surface area (Å²) in [7, 11) is 0. The van der Waals surface area contributed by atoms with Gasteiger partial charge in [0.25, 0.3) is 0 Å². The molecule has 5 heteroatoms. The summed E-state index contributed by atoms with van der Waals surface area (Å²) in [5, 5.41) is 29.3. The lowest BCUT2D eigenvalue weighted by Crippen LogP contribution is -2.58. The highest BCUT2D eigenvalue weighted by molar-refractivity contribution is 5.79. The molecule has 0 bridgehead atoms. The Labute approximate surface area is 83.8 Å². The number of carbonyl (C=O) groups is 1. The summed E-state index contributed by atoms with van der Waals surface area (Å²) >= 11 is 0. The van der Waals surface area contributed by atoms with E-state index in [1.54, 1.807) is 6.92 Å². The molecule has 0 aromatic carbocycles. The lowest BCUT2D eigenvalue weighted by molar-refractivity contribution is -0.128. The molecule has 84 valence electrons. The van der Waals surface area contributed by atoms with Crippen molar-refractivity contribution in [2.24, 2.45) is 5.92 Å². The topological polar surface area (TPSA) is 89.8 Å². The summed E-state index contributed by atoms with van der Waals surface area (Å²) in [6.45, 7) is 2.15. The second-order valence-electron chi connectivity index (χ2n) is 3.55. The van der Waals surface area contributed by atoms with Crippen molar-refractivity contribution in [1.29, 1.82) is 0 Å². The third-order valence-corrected chi connectivity index (χ3v) is 2.36. The lowest BCUT2D eigenvalue weighted by atomic mass is 10.0. The van der Waals surface area contributed by atoms with Crippen LogP contribution in [0.1, 0.15) is 20.3 Å². The number of aliphatic hydroxyl groups excluding tert-OH is 3. The zero-order valence-electron chi connectivity index (χ0n) is 8.66. The predicted molar refractivity (Wildman–Crippen MR) is 51.6 cm³/mol. The van der Waals surface area contributed by atoms with E-state index in [4.69, 9.17) is 15.3 Å². The van der Waals surface area contributed by atoms with E-state index in [1.165, 1.54) is 0 Å². The van der Waals surface area contributed by atoms with E-state index in [1.807, 2.05) is 6.92 Å². The van der Waals surface area contributed by atoms with Crippen LogP contribution in [0.5, 0.6) is 0 Å². The Morgan fingerprint density at radius 2 is 1.71 bits per heavy atom. The van der Waals surface area contributed by atoms with Gasteiger partial charge in [-0.3, -0.25) is 4.79 Å². The monoisotopic (exact) mass is 205 g/mol. The van der Waals surface area contributed by atoms with Crippen LogP contribution in [0.3, 0.4) is 0 Å². The van der Waals surface area contributed by atoms with Crippen molar-refractivity contribution >= 4 is 5.91 Å². The van der Waals surface area contributed by atoms with Crippen molar-refractivity contribution in [3.05, 3.63) is 0 Å². The van der Waals surface area contributed by atoms with Gasteiger partial charge < -0.3 is 20.6 Å². The van der Waals surface area contributed by atoms with Crippen LogP contribution in [0, 0.1) is 5.92 Å². The molecular weight excluding hydrogens is 186 g/mol. The van der Waals surface area contributed by atoms with E-state index in [2.05, 4.69) is 5.32 Å². The Morgan fingerprint density at radius 1 is 1.29 bits per heavy atom. The first-order chi connectivity index (χ1) is 6.55. The number of rotatable bonds is 6. The maximum atomic E-state index is 11.4. The Bertz CT molecular complexity index is 171. The summed E-state index contributed by atoms with van der Waals surface area (Å²) in [5.74, 6) is -0.469. The van der Waals surface area contributed by atoms with Crippen molar-refractivity contribution in [3.63, 3.8) is 0 Å². The van der Waals surface area contributed by atoms with Gasteiger partial charge in [-0.2, -0.15) is 0 Å². The zero-order chi connectivity index (χ0) is 11.2. The average Bonchev–Trinajstić information content (AvgIpc) is 2.24. The van der Waals surface area contributed by atoms with Gasteiger partial charge in [-0.25, -0.2) is 0 Å². The minimum Gasteiger partial charge on any atom is -0.394 e. The van der Waals surface area contributed by atoms with Gasteiger partial charge in [-0.15, -0.1) is 0 Å². The normalized spacial score (nSPS) is 13.8. The number of aliphatic hydroxyl groups is 3. The maximum absolute atomic E-state index is 11.4. The molecule has 4 N–H and O–H groups in total. The standard InChI is InChI=1S/C9H19NO4/c1-3-7(2)8(14)10-9(4-11,5-12)6-13/h7,11-13H,3-6H2,1-2H3,(H,10,14)/t7-/m0/s1. The van der Waals surface area contributed by atoms with Crippen molar-refractivity contribution in [2.45, 2.75) is 25.8 Å². The number of hydrogen-bond acceptors (Lipinski definition) is 4. The minimum atomic E-state index is -1.31. The van der Waals surface area contributed by atoms with Gasteiger partial charge in [0, 0.05) is 5.92 Å². The van der Waals surface area contributed by atoms with Crippen LogP contribution in [0.2, 0.25) is 0 Å². The first-order valence-corrected chi connectivity index (χ1v) is 4.69. The molecule has 14 heavy (non-hydrogen) atoms. The third kappa shape index (κ3) is 3.25. The molecule has 0 fully saturated rings. The van der Waals surface area contributed by atoms with E-state index < -0.39 is 25.4 Å². The maximum Gasteiger partial charge on any atom is 0.223 e. The molecule has 0 aliphatic carbocycles. The molecule has 1 atom stereocenters. The fraction of sp³-hybridized carbons (Fsp3) is 0.889. The molecule has 0 aliphatic rings. The third-order valence-electron chi connectivity index (χ3n) is 2.36. The molecule has 0 aromatic heterocycles. The van der Waals surface area contributed by atoms with E-state index in [-0.39, 0.29) is 11.8 Å². The van der Waals surface area contributed by atoms with Crippen molar-refractivity contribution < 1.29 is 20.1 Å². The average molecular weight is 205 g/mol. The summed E-state index contributed by atoms with van der Waals surface area (Å²) in [5.41, 5.74) is -1.31. The molecule has 0 rings (SSSR count). The summed E-state index contributed by atoms with van der Waals surface area (Å²) in [6.07, 6.45) is 0.671. The highest BCUT2D eigenvalue weighted by atomic mass is 16.3. The molecule has 0 aromatic rings. The van der Waals surface area contributed by atoms with Crippen LogP contribution in [0.4, 0.5) is 0 Å². The SMILES string of the molecule is CC[C@H](C)C(=O)NC(CO)(CO)CO. The summed E-state index contributed by atoms with van der Waals surface area (Å²) in [6, 6.07) is 0. The van der Waals surface area contributed by atoms with Crippen LogP contribution >= 0.6 is 0 Å². The van der Waals surface area contributed by atoms with Crippen molar-refractivity contribution in [3.8, 4) is 0 Å². The molecule has 0 saturated carbocycles. The smallest absolute Gasteiger partial charge is 0.223 e. The summed E-state index contributed by atoms with van der Waals surface area (Å²) < 4.78 is 0. The number of nitrogens with one attached hydrogen (secondary N) is 1. The van der Waals surface area contributed by atoms with E-state index in [9.17, 15) is 4.79 Å². The Kier molecular flexibility index (Phi) is 5.68. The molecule has 0 radical (unpaired) electrons. The molecule has 0 heterocycles. The van der Waals surface area contributed by atoms with Crippen LogP contribution in [-0.2, 0) is 4.79 Å².